The minimum atomic E-state index is -0.0139. The van der Waals surface area contributed by atoms with E-state index in [4.69, 9.17) is 4.74 Å². The minimum Gasteiger partial charge on any atom is -0.375 e. The van der Waals surface area contributed by atoms with Gasteiger partial charge in [0, 0.05) is 31.7 Å². The third kappa shape index (κ3) is 5.01. The molecule has 0 aromatic heterocycles. The summed E-state index contributed by atoms with van der Waals surface area (Å²) in [6.45, 7) is 13.0. The number of rotatable bonds is 4. The van der Waals surface area contributed by atoms with Crippen LogP contribution in [0, 0.1) is 5.92 Å². The lowest BCUT2D eigenvalue weighted by molar-refractivity contribution is -0.0283. The molecule has 118 valence electrons. The lowest BCUT2D eigenvalue weighted by Crippen LogP contribution is -2.59. The third-order valence-corrected chi connectivity index (χ3v) is 4.76. The Bertz CT molecular complexity index is 281. The van der Waals surface area contributed by atoms with Crippen molar-refractivity contribution >= 4 is 0 Å². The van der Waals surface area contributed by atoms with Crippen LogP contribution < -0.4 is 5.32 Å². The van der Waals surface area contributed by atoms with E-state index in [9.17, 15) is 0 Å². The molecule has 3 nitrogen and oxygen atoms in total. The van der Waals surface area contributed by atoms with Gasteiger partial charge in [-0.2, -0.15) is 0 Å². The van der Waals surface area contributed by atoms with E-state index in [1.165, 1.54) is 45.2 Å². The maximum Gasteiger partial charge on any atom is 0.0600 e. The van der Waals surface area contributed by atoms with Crippen molar-refractivity contribution in [1.29, 1.82) is 0 Å². The zero-order chi connectivity index (χ0) is 14.6. The normalized spacial score (nSPS) is 30.6. The van der Waals surface area contributed by atoms with Gasteiger partial charge in [0.2, 0.25) is 0 Å². The number of hydrogen-bond acceptors (Lipinski definition) is 3. The second-order valence-electron chi connectivity index (χ2n) is 7.73. The molecule has 1 aliphatic heterocycles. The first kappa shape index (κ1) is 16.3. The summed E-state index contributed by atoms with van der Waals surface area (Å²) in [6.07, 6.45) is 7.17. The Morgan fingerprint density at radius 3 is 2.50 bits per heavy atom. The highest BCUT2D eigenvalue weighted by atomic mass is 16.5. The molecule has 1 saturated carbocycles. The highest BCUT2D eigenvalue weighted by molar-refractivity contribution is 4.89. The molecule has 0 aromatic carbocycles. The Morgan fingerprint density at radius 1 is 1.15 bits per heavy atom. The Morgan fingerprint density at radius 2 is 1.85 bits per heavy atom. The van der Waals surface area contributed by atoms with Crippen molar-refractivity contribution in [1.82, 2.24) is 10.2 Å². The molecule has 1 aliphatic carbocycles. The predicted molar refractivity (Wildman–Crippen MR) is 85.1 cm³/mol. The van der Waals surface area contributed by atoms with Crippen LogP contribution in [0.1, 0.15) is 59.8 Å². The van der Waals surface area contributed by atoms with E-state index in [1.54, 1.807) is 0 Å². The van der Waals surface area contributed by atoms with Gasteiger partial charge in [0.1, 0.15) is 0 Å². The monoisotopic (exact) mass is 282 g/mol. The molecule has 0 amide bonds. The number of nitrogens with one attached hydrogen (secondary N) is 1. The van der Waals surface area contributed by atoms with Gasteiger partial charge in [0.05, 0.1) is 12.2 Å². The zero-order valence-corrected chi connectivity index (χ0v) is 14.0. The summed E-state index contributed by atoms with van der Waals surface area (Å²) in [7, 11) is 0. The second kappa shape index (κ2) is 7.24. The average Bonchev–Trinajstić information content (AvgIpc) is 2.38. The summed E-state index contributed by atoms with van der Waals surface area (Å²) in [5.41, 5.74) is -0.0139. The highest BCUT2D eigenvalue weighted by Crippen LogP contribution is 2.30. The molecule has 1 saturated heterocycles. The number of ether oxygens (including phenoxy) is 1. The minimum absolute atomic E-state index is 0.0139. The largest absolute Gasteiger partial charge is 0.375 e. The van der Waals surface area contributed by atoms with E-state index in [0.717, 1.165) is 25.1 Å². The lowest BCUT2D eigenvalue weighted by atomic mass is 9.82. The van der Waals surface area contributed by atoms with Gasteiger partial charge >= 0.3 is 0 Å². The van der Waals surface area contributed by atoms with E-state index >= 15 is 0 Å². The number of hydrogen-bond donors (Lipinski definition) is 1. The maximum absolute atomic E-state index is 5.94. The van der Waals surface area contributed by atoms with E-state index in [1.807, 2.05) is 0 Å². The number of piperazine rings is 1. The van der Waals surface area contributed by atoms with Crippen LogP contribution in [0.2, 0.25) is 0 Å². The second-order valence-corrected chi connectivity index (χ2v) is 7.73. The van der Waals surface area contributed by atoms with Crippen molar-refractivity contribution < 1.29 is 4.74 Å². The summed E-state index contributed by atoms with van der Waals surface area (Å²) in [6, 6.07) is 1.35. The molecule has 0 radical (unpaired) electrons. The van der Waals surface area contributed by atoms with Crippen molar-refractivity contribution in [2.45, 2.75) is 77.5 Å². The predicted octanol–water partition coefficient (Wildman–Crippen LogP) is 3.04. The van der Waals surface area contributed by atoms with Gasteiger partial charge in [0.15, 0.2) is 0 Å². The van der Waals surface area contributed by atoms with E-state index in [0.29, 0.717) is 6.04 Å². The van der Waals surface area contributed by atoms with Crippen molar-refractivity contribution in [3.63, 3.8) is 0 Å². The quantitative estimate of drug-likeness (QED) is 0.858. The fourth-order valence-electron chi connectivity index (χ4n) is 3.71. The molecule has 0 spiro atoms. The van der Waals surface area contributed by atoms with Crippen LogP contribution >= 0.6 is 0 Å². The fourth-order valence-corrected chi connectivity index (χ4v) is 3.71. The van der Waals surface area contributed by atoms with E-state index in [2.05, 4.69) is 37.9 Å². The molecular formula is C17H34N2O. The van der Waals surface area contributed by atoms with Crippen LogP contribution in [0.25, 0.3) is 0 Å². The molecule has 0 bridgehead atoms. The lowest BCUT2D eigenvalue weighted by Gasteiger charge is -2.44. The van der Waals surface area contributed by atoms with Crippen molar-refractivity contribution in [2.75, 3.05) is 26.2 Å². The summed E-state index contributed by atoms with van der Waals surface area (Å²) in [4.78, 5) is 2.70. The summed E-state index contributed by atoms with van der Waals surface area (Å²) in [5, 5.41) is 3.68. The smallest absolute Gasteiger partial charge is 0.0600 e. The summed E-state index contributed by atoms with van der Waals surface area (Å²) >= 11 is 0. The van der Waals surface area contributed by atoms with Gasteiger partial charge in [-0.05, 0) is 46.5 Å². The summed E-state index contributed by atoms with van der Waals surface area (Å²) in [5.74, 6) is 0.901. The molecule has 2 aliphatic rings. The van der Waals surface area contributed by atoms with Crippen molar-refractivity contribution in [3.05, 3.63) is 0 Å². The Kier molecular flexibility index (Phi) is 5.88. The fraction of sp³-hybridized carbons (Fsp3) is 1.00. The van der Waals surface area contributed by atoms with Crippen LogP contribution in [0.3, 0.4) is 0 Å². The molecule has 2 rings (SSSR count). The average molecular weight is 282 g/mol. The SMILES string of the molecule is CC1CN(CCOC(C)(C)C)C(C2CCCCC2)CN1. The van der Waals surface area contributed by atoms with Gasteiger partial charge in [0.25, 0.3) is 0 Å². The van der Waals surface area contributed by atoms with E-state index in [-0.39, 0.29) is 5.60 Å². The van der Waals surface area contributed by atoms with Gasteiger partial charge in [-0.1, -0.05) is 19.3 Å². The van der Waals surface area contributed by atoms with Gasteiger partial charge < -0.3 is 10.1 Å². The maximum atomic E-state index is 5.94. The molecular weight excluding hydrogens is 248 g/mol. The zero-order valence-electron chi connectivity index (χ0n) is 14.0. The molecule has 20 heavy (non-hydrogen) atoms. The molecule has 1 N–H and O–H groups in total. The Labute approximate surface area is 125 Å². The van der Waals surface area contributed by atoms with Gasteiger partial charge in [-0.15, -0.1) is 0 Å². The van der Waals surface area contributed by atoms with Crippen LogP contribution in [0.4, 0.5) is 0 Å². The van der Waals surface area contributed by atoms with Crippen molar-refractivity contribution in [3.8, 4) is 0 Å². The Balaban J connectivity index is 1.86. The molecule has 2 unspecified atom stereocenters. The summed E-state index contributed by atoms with van der Waals surface area (Å²) < 4.78 is 5.94. The van der Waals surface area contributed by atoms with Gasteiger partial charge in [-0.25, -0.2) is 0 Å². The molecule has 2 fully saturated rings. The topological polar surface area (TPSA) is 24.5 Å². The Hall–Kier alpha value is -0.120. The molecule has 0 aromatic rings. The van der Waals surface area contributed by atoms with E-state index < -0.39 is 0 Å². The molecule has 1 heterocycles. The highest BCUT2D eigenvalue weighted by Gasteiger charge is 2.32. The van der Waals surface area contributed by atoms with Crippen LogP contribution in [-0.2, 0) is 4.74 Å². The third-order valence-electron chi connectivity index (χ3n) is 4.76. The van der Waals surface area contributed by atoms with Gasteiger partial charge in [-0.3, -0.25) is 4.90 Å². The molecule has 2 atom stereocenters. The van der Waals surface area contributed by atoms with Crippen molar-refractivity contribution in [2.24, 2.45) is 5.92 Å². The standard InChI is InChI=1S/C17H34N2O/c1-14-13-19(10-11-20-17(2,3)4)16(12-18-14)15-8-6-5-7-9-15/h14-16,18H,5-13H2,1-4H3. The first-order valence-electron chi connectivity index (χ1n) is 8.57. The van der Waals surface area contributed by atoms with Crippen LogP contribution in [0.5, 0.6) is 0 Å². The molecule has 3 heteroatoms. The first-order valence-corrected chi connectivity index (χ1v) is 8.57. The number of nitrogens with zero attached hydrogens (tertiary/aromatic N) is 1. The first-order chi connectivity index (χ1) is 9.46. The van der Waals surface area contributed by atoms with Crippen LogP contribution in [0.15, 0.2) is 0 Å². The van der Waals surface area contributed by atoms with Crippen LogP contribution in [-0.4, -0.2) is 48.8 Å².